The van der Waals surface area contributed by atoms with Crippen LogP contribution < -0.4 is 4.74 Å². The van der Waals surface area contributed by atoms with Crippen LogP contribution in [0.5, 0.6) is 5.75 Å². The van der Waals surface area contributed by atoms with Crippen molar-refractivity contribution in [3.8, 4) is 5.75 Å². The van der Waals surface area contributed by atoms with E-state index in [2.05, 4.69) is 0 Å². The van der Waals surface area contributed by atoms with E-state index in [0.717, 1.165) is 12.8 Å². The molecule has 2 nitrogen and oxygen atoms in total. The van der Waals surface area contributed by atoms with Gasteiger partial charge in [-0.3, -0.25) is 0 Å². The smallest absolute Gasteiger partial charge is 0.138 e. The van der Waals surface area contributed by atoms with E-state index in [0.29, 0.717) is 24.7 Å². The van der Waals surface area contributed by atoms with Gasteiger partial charge in [0.25, 0.3) is 0 Å². The van der Waals surface area contributed by atoms with E-state index in [1.165, 1.54) is 31.0 Å². The molecule has 1 aromatic carbocycles. The molecule has 0 spiro atoms. The van der Waals surface area contributed by atoms with Gasteiger partial charge in [-0.2, -0.15) is 0 Å². The van der Waals surface area contributed by atoms with Crippen molar-refractivity contribution in [3.05, 3.63) is 29.0 Å². The lowest BCUT2D eigenvalue weighted by Gasteiger charge is -2.17. The number of benzene rings is 1. The summed E-state index contributed by atoms with van der Waals surface area (Å²) in [5.41, 5.74) is 0. The molecule has 1 fully saturated rings. The summed E-state index contributed by atoms with van der Waals surface area (Å²) in [6, 6.07) is 4.05. The Kier molecular flexibility index (Phi) is 4.84. The van der Waals surface area contributed by atoms with Crippen LogP contribution in [0.2, 0.25) is 5.02 Å². The molecule has 0 amide bonds. The lowest BCUT2D eigenvalue weighted by atomic mass is 9.99. The van der Waals surface area contributed by atoms with Gasteiger partial charge in [0.15, 0.2) is 0 Å². The predicted octanol–water partition coefficient (Wildman–Crippen LogP) is 3.80. The first-order chi connectivity index (χ1) is 8.66. The fourth-order valence-electron chi connectivity index (χ4n) is 2.46. The van der Waals surface area contributed by atoms with E-state index in [4.69, 9.17) is 16.3 Å². The number of hydrogen-bond donors (Lipinski definition) is 1. The molecule has 1 unspecified atom stereocenters. The Morgan fingerprint density at radius 1 is 1.39 bits per heavy atom. The van der Waals surface area contributed by atoms with Crippen LogP contribution in [0.1, 0.15) is 32.1 Å². The Morgan fingerprint density at radius 2 is 2.11 bits per heavy atom. The third-order valence-electron chi connectivity index (χ3n) is 3.51. The molecule has 0 saturated heterocycles. The number of aliphatic hydroxyl groups excluding tert-OH is 1. The highest BCUT2D eigenvalue weighted by Gasteiger charge is 2.22. The van der Waals surface area contributed by atoms with E-state index in [1.807, 2.05) is 0 Å². The molecule has 1 N–H and O–H groups in total. The van der Waals surface area contributed by atoms with Crippen LogP contribution in [0.4, 0.5) is 4.39 Å². The molecule has 1 aromatic rings. The first-order valence-electron chi connectivity index (χ1n) is 6.43. The number of rotatable bonds is 5. The number of ether oxygens (including phenoxy) is 1. The van der Waals surface area contributed by atoms with E-state index in [1.54, 1.807) is 0 Å². The SMILES string of the molecule is OC(CCOc1ccc(F)cc1Cl)C1CCCC1. The fourth-order valence-corrected chi connectivity index (χ4v) is 2.68. The van der Waals surface area contributed by atoms with Gasteiger partial charge in [-0.25, -0.2) is 4.39 Å². The van der Waals surface area contributed by atoms with Gasteiger partial charge in [0.05, 0.1) is 17.7 Å². The zero-order chi connectivity index (χ0) is 13.0. The van der Waals surface area contributed by atoms with Crippen molar-refractivity contribution in [2.45, 2.75) is 38.2 Å². The third-order valence-corrected chi connectivity index (χ3v) is 3.80. The summed E-state index contributed by atoms with van der Waals surface area (Å²) in [7, 11) is 0. The molecule has 18 heavy (non-hydrogen) atoms. The normalized spacial score (nSPS) is 17.9. The third kappa shape index (κ3) is 3.59. The summed E-state index contributed by atoms with van der Waals surface area (Å²) in [4.78, 5) is 0. The van der Waals surface area contributed by atoms with E-state index in [-0.39, 0.29) is 16.9 Å². The standard InChI is InChI=1S/C14H18ClFO2/c15-12-9-11(16)5-6-14(12)18-8-7-13(17)10-3-1-2-4-10/h5-6,9-10,13,17H,1-4,7-8H2. The number of halogens is 2. The predicted molar refractivity (Wildman–Crippen MR) is 69.5 cm³/mol. The van der Waals surface area contributed by atoms with Crippen molar-refractivity contribution in [1.82, 2.24) is 0 Å². The minimum atomic E-state index is -0.377. The second-order valence-electron chi connectivity index (χ2n) is 4.82. The maximum absolute atomic E-state index is 12.8. The van der Waals surface area contributed by atoms with Gasteiger partial charge < -0.3 is 9.84 Å². The topological polar surface area (TPSA) is 29.5 Å². The zero-order valence-corrected chi connectivity index (χ0v) is 11.0. The number of hydrogen-bond acceptors (Lipinski definition) is 2. The molecule has 1 atom stereocenters. The van der Waals surface area contributed by atoms with Crippen LogP contribution in [-0.4, -0.2) is 17.8 Å². The van der Waals surface area contributed by atoms with Gasteiger partial charge in [-0.05, 0) is 37.0 Å². The second-order valence-corrected chi connectivity index (χ2v) is 5.23. The van der Waals surface area contributed by atoms with Crippen LogP contribution in [0, 0.1) is 11.7 Å². The lowest BCUT2D eigenvalue weighted by Crippen LogP contribution is -2.20. The molecule has 0 heterocycles. The monoisotopic (exact) mass is 272 g/mol. The first-order valence-corrected chi connectivity index (χ1v) is 6.80. The Labute approximate surface area is 112 Å². The van der Waals surface area contributed by atoms with E-state index >= 15 is 0 Å². The van der Waals surface area contributed by atoms with Crippen molar-refractivity contribution in [2.24, 2.45) is 5.92 Å². The minimum absolute atomic E-state index is 0.269. The van der Waals surface area contributed by atoms with Crippen LogP contribution in [-0.2, 0) is 0 Å². The zero-order valence-electron chi connectivity index (χ0n) is 10.2. The molecule has 1 saturated carbocycles. The van der Waals surface area contributed by atoms with Gasteiger partial charge in [-0.1, -0.05) is 24.4 Å². The van der Waals surface area contributed by atoms with Crippen LogP contribution in [0.15, 0.2) is 18.2 Å². The first kappa shape index (κ1) is 13.6. The fraction of sp³-hybridized carbons (Fsp3) is 0.571. The highest BCUT2D eigenvalue weighted by molar-refractivity contribution is 6.32. The average molecular weight is 273 g/mol. The quantitative estimate of drug-likeness (QED) is 0.883. The minimum Gasteiger partial charge on any atom is -0.492 e. The molecule has 1 aliphatic carbocycles. The highest BCUT2D eigenvalue weighted by atomic mass is 35.5. The Morgan fingerprint density at radius 3 is 2.78 bits per heavy atom. The summed E-state index contributed by atoms with van der Waals surface area (Å²) in [5, 5.41) is 10.2. The van der Waals surface area contributed by atoms with Gasteiger partial charge in [-0.15, -0.1) is 0 Å². The van der Waals surface area contributed by atoms with Gasteiger partial charge in [0.1, 0.15) is 11.6 Å². The molecule has 0 radical (unpaired) electrons. The Balaban J connectivity index is 1.77. The van der Waals surface area contributed by atoms with Crippen molar-refractivity contribution in [1.29, 1.82) is 0 Å². The van der Waals surface area contributed by atoms with Crippen LogP contribution >= 0.6 is 11.6 Å². The highest BCUT2D eigenvalue weighted by Crippen LogP contribution is 2.29. The molecule has 0 aliphatic heterocycles. The largest absolute Gasteiger partial charge is 0.492 e. The van der Waals surface area contributed by atoms with E-state index < -0.39 is 0 Å². The summed E-state index contributed by atoms with van der Waals surface area (Å²) in [6.07, 6.45) is 4.94. The van der Waals surface area contributed by atoms with Crippen molar-refractivity contribution >= 4 is 11.6 Å². The molecule has 0 bridgehead atoms. The van der Waals surface area contributed by atoms with Crippen LogP contribution in [0.25, 0.3) is 0 Å². The Hall–Kier alpha value is -0.800. The maximum atomic E-state index is 12.8. The van der Waals surface area contributed by atoms with Gasteiger partial charge >= 0.3 is 0 Å². The van der Waals surface area contributed by atoms with Gasteiger partial charge in [0.2, 0.25) is 0 Å². The number of aliphatic hydroxyl groups is 1. The molecule has 4 heteroatoms. The van der Waals surface area contributed by atoms with Crippen molar-refractivity contribution in [2.75, 3.05) is 6.61 Å². The lowest BCUT2D eigenvalue weighted by molar-refractivity contribution is 0.0853. The van der Waals surface area contributed by atoms with E-state index in [9.17, 15) is 9.50 Å². The second kappa shape index (κ2) is 6.39. The summed E-state index contributed by atoms with van der Waals surface area (Å²) < 4.78 is 18.3. The molecule has 0 aromatic heterocycles. The summed E-state index contributed by atoms with van der Waals surface area (Å²) in [5.74, 6) is 0.507. The van der Waals surface area contributed by atoms with Crippen molar-refractivity contribution in [3.63, 3.8) is 0 Å². The maximum Gasteiger partial charge on any atom is 0.138 e. The van der Waals surface area contributed by atoms with Crippen LogP contribution in [0.3, 0.4) is 0 Å². The molecule has 100 valence electrons. The molecular formula is C14H18ClFO2. The molecule has 2 rings (SSSR count). The summed E-state index contributed by atoms with van der Waals surface area (Å²) in [6.45, 7) is 0.406. The molecule has 1 aliphatic rings. The average Bonchev–Trinajstić information content (AvgIpc) is 2.85. The molecular weight excluding hydrogens is 255 g/mol. The summed E-state index contributed by atoms with van der Waals surface area (Å²) >= 11 is 5.84. The Bertz CT molecular complexity index is 391. The van der Waals surface area contributed by atoms with Gasteiger partial charge in [0, 0.05) is 6.42 Å². The van der Waals surface area contributed by atoms with Crippen molar-refractivity contribution < 1.29 is 14.2 Å².